The molecule has 0 heterocycles. The molecule has 0 fully saturated rings. The van der Waals surface area contributed by atoms with Gasteiger partial charge in [0.25, 0.3) is 0 Å². The van der Waals surface area contributed by atoms with Gasteiger partial charge in [0.2, 0.25) is 10.0 Å². The summed E-state index contributed by atoms with van der Waals surface area (Å²) in [6.45, 7) is 0. The Morgan fingerprint density at radius 1 is 0.933 bits per heavy atom. The van der Waals surface area contributed by atoms with Crippen molar-refractivity contribution in [2.75, 3.05) is 5.75 Å². The highest BCUT2D eigenvalue weighted by Crippen LogP contribution is 2.22. The van der Waals surface area contributed by atoms with Crippen LogP contribution in [0.2, 0.25) is 0 Å². The molecule has 2 N–H and O–H groups in total. The lowest BCUT2D eigenvalue weighted by atomic mass is 10.1. The molecule has 0 saturated heterocycles. The van der Waals surface area contributed by atoms with Crippen molar-refractivity contribution in [3.63, 3.8) is 0 Å². The predicted molar refractivity (Wildman–Crippen MR) is 51.7 cm³/mol. The van der Waals surface area contributed by atoms with Crippen LogP contribution in [-0.2, 0) is 10.0 Å². The van der Waals surface area contributed by atoms with Crippen LogP contribution in [0.3, 0.4) is 0 Å². The van der Waals surface area contributed by atoms with E-state index in [2.05, 4.69) is 0 Å². The van der Waals surface area contributed by atoms with Crippen LogP contribution in [0.25, 0.3) is 0 Å². The molecule has 0 bridgehead atoms. The van der Waals surface area contributed by atoms with Gasteiger partial charge < -0.3 is 0 Å². The third-order valence-corrected chi connectivity index (χ3v) is 2.75. The first-order valence-electron chi connectivity index (χ1n) is 4.78. The smallest absolute Gasteiger partial charge is 0.229 e. The van der Waals surface area contributed by atoms with E-state index in [1.54, 1.807) is 0 Å². The van der Waals surface area contributed by atoms with E-state index in [-0.39, 0.29) is 12.2 Å². The van der Waals surface area contributed by atoms with Crippen LogP contribution in [0, 0.1) is 0 Å². The summed E-state index contributed by atoms with van der Waals surface area (Å²) >= 11 is 0. The average Bonchev–Trinajstić information content (AvgIpc) is 1.98. The van der Waals surface area contributed by atoms with Crippen molar-refractivity contribution in [2.24, 2.45) is 5.14 Å². The molecule has 0 aliphatic carbocycles. The maximum atomic E-state index is 11.7. The second-order valence-electron chi connectivity index (χ2n) is 3.50. The summed E-state index contributed by atoms with van der Waals surface area (Å²) in [7, 11) is -3.42. The van der Waals surface area contributed by atoms with Crippen molar-refractivity contribution in [3.05, 3.63) is 0 Å². The summed E-state index contributed by atoms with van der Waals surface area (Å²) in [5, 5.41) is 4.76. The molecule has 0 amide bonds. The van der Waals surface area contributed by atoms with Crippen molar-refractivity contribution in [3.8, 4) is 0 Å². The summed E-state index contributed by atoms with van der Waals surface area (Å²) in [5.41, 5.74) is 0. The molecule has 0 unspecified atom stereocenters. The van der Waals surface area contributed by atoms with Gasteiger partial charge in [-0.15, -0.1) is 0 Å². The van der Waals surface area contributed by atoms with E-state index in [0.717, 1.165) is 0 Å². The van der Waals surface area contributed by atoms with E-state index >= 15 is 0 Å². The lowest BCUT2D eigenvalue weighted by Crippen LogP contribution is -2.16. The molecule has 0 spiro atoms. The molecular weight excluding hydrogens is 231 g/mol. The summed E-state index contributed by atoms with van der Waals surface area (Å²) in [5.74, 6) is -0.0910. The Hall–Kier alpha value is -0.300. The Bertz CT molecular complexity index is 262. The van der Waals surface area contributed by atoms with E-state index < -0.39 is 22.6 Å². The number of primary sulfonamides is 1. The molecule has 0 aliphatic heterocycles. The summed E-state index contributed by atoms with van der Waals surface area (Å²) in [6, 6.07) is 0. The summed E-state index contributed by atoms with van der Waals surface area (Å²) in [4.78, 5) is 0. The van der Waals surface area contributed by atoms with Gasteiger partial charge in [-0.1, -0.05) is 19.3 Å². The van der Waals surface area contributed by atoms with E-state index in [4.69, 9.17) is 5.14 Å². The zero-order valence-electron chi connectivity index (χ0n) is 8.39. The maximum absolute atomic E-state index is 11.7. The maximum Gasteiger partial charge on any atom is 0.389 e. The van der Waals surface area contributed by atoms with Crippen LogP contribution >= 0.6 is 0 Å². The molecule has 92 valence electrons. The number of hydrogen-bond acceptors (Lipinski definition) is 2. The summed E-state index contributed by atoms with van der Waals surface area (Å²) < 4.78 is 56.0. The molecule has 0 saturated carbocycles. The Kier molecular flexibility index (Phi) is 6.19. The standard InChI is InChI=1S/C8H16F3NO2S/c9-8(10,11)6-4-2-1-3-5-7-15(12,13)14/h1-7H2,(H2,12,13,14). The largest absolute Gasteiger partial charge is 0.389 e. The molecule has 0 aromatic carbocycles. The van der Waals surface area contributed by atoms with Crippen LogP contribution < -0.4 is 5.14 Å². The van der Waals surface area contributed by atoms with Crippen molar-refractivity contribution in [2.45, 2.75) is 44.7 Å². The molecule has 0 aromatic heterocycles. The van der Waals surface area contributed by atoms with Crippen LogP contribution in [0.5, 0.6) is 0 Å². The minimum absolute atomic E-state index is 0.0910. The van der Waals surface area contributed by atoms with E-state index in [0.29, 0.717) is 25.7 Å². The first-order chi connectivity index (χ1) is 6.71. The van der Waals surface area contributed by atoms with Gasteiger partial charge in [0, 0.05) is 6.42 Å². The molecule has 0 aromatic rings. The van der Waals surface area contributed by atoms with Crippen LogP contribution in [0.1, 0.15) is 38.5 Å². The molecule has 0 rings (SSSR count). The van der Waals surface area contributed by atoms with Crippen LogP contribution in [0.4, 0.5) is 13.2 Å². The molecular formula is C8H16F3NO2S. The zero-order valence-corrected chi connectivity index (χ0v) is 9.20. The molecule has 0 atom stereocenters. The Morgan fingerprint density at radius 2 is 1.40 bits per heavy atom. The van der Waals surface area contributed by atoms with Gasteiger partial charge >= 0.3 is 6.18 Å². The lowest BCUT2D eigenvalue weighted by molar-refractivity contribution is -0.135. The number of hydrogen-bond donors (Lipinski definition) is 1. The predicted octanol–water partition coefficient (Wildman–Crippen LogP) is 2.18. The lowest BCUT2D eigenvalue weighted by Gasteiger charge is -2.05. The molecule has 0 aliphatic rings. The van der Waals surface area contributed by atoms with Gasteiger partial charge in [-0.2, -0.15) is 13.2 Å². The molecule has 15 heavy (non-hydrogen) atoms. The number of rotatable bonds is 7. The zero-order chi connectivity index (χ0) is 11.9. The van der Waals surface area contributed by atoms with Gasteiger partial charge in [0.15, 0.2) is 0 Å². The number of unbranched alkanes of at least 4 members (excludes halogenated alkanes) is 4. The molecule has 3 nitrogen and oxygen atoms in total. The highest BCUT2D eigenvalue weighted by atomic mass is 32.2. The Labute approximate surface area is 87.9 Å². The van der Waals surface area contributed by atoms with Gasteiger partial charge in [0.1, 0.15) is 0 Å². The van der Waals surface area contributed by atoms with Crippen molar-refractivity contribution < 1.29 is 21.6 Å². The first kappa shape index (κ1) is 14.7. The monoisotopic (exact) mass is 247 g/mol. The van der Waals surface area contributed by atoms with Crippen molar-refractivity contribution in [1.29, 1.82) is 0 Å². The quantitative estimate of drug-likeness (QED) is 0.701. The van der Waals surface area contributed by atoms with Crippen molar-refractivity contribution >= 4 is 10.0 Å². The van der Waals surface area contributed by atoms with Crippen molar-refractivity contribution in [1.82, 2.24) is 0 Å². The van der Waals surface area contributed by atoms with Gasteiger partial charge in [-0.25, -0.2) is 13.6 Å². The third kappa shape index (κ3) is 13.7. The minimum atomic E-state index is -4.08. The Balaban J connectivity index is 3.27. The van der Waals surface area contributed by atoms with Crippen LogP contribution in [0.15, 0.2) is 0 Å². The van der Waals surface area contributed by atoms with E-state index in [9.17, 15) is 21.6 Å². The second-order valence-corrected chi connectivity index (χ2v) is 5.23. The number of halogens is 3. The topological polar surface area (TPSA) is 60.2 Å². The fraction of sp³-hybridized carbons (Fsp3) is 1.00. The SMILES string of the molecule is NS(=O)(=O)CCCCCCCC(F)(F)F. The normalized spacial score (nSPS) is 13.1. The Morgan fingerprint density at radius 3 is 1.87 bits per heavy atom. The first-order valence-corrected chi connectivity index (χ1v) is 6.49. The second kappa shape index (κ2) is 6.32. The fourth-order valence-corrected chi connectivity index (χ4v) is 1.77. The van der Waals surface area contributed by atoms with Gasteiger partial charge in [0.05, 0.1) is 5.75 Å². The highest BCUT2D eigenvalue weighted by Gasteiger charge is 2.25. The van der Waals surface area contributed by atoms with Gasteiger partial charge in [-0.3, -0.25) is 0 Å². The van der Waals surface area contributed by atoms with E-state index in [1.165, 1.54) is 0 Å². The van der Waals surface area contributed by atoms with Crippen LogP contribution in [-0.4, -0.2) is 20.3 Å². The minimum Gasteiger partial charge on any atom is -0.229 e. The number of sulfonamides is 1. The number of nitrogens with two attached hydrogens (primary N) is 1. The molecule has 0 radical (unpaired) electrons. The average molecular weight is 247 g/mol. The third-order valence-electron chi connectivity index (χ3n) is 1.89. The summed E-state index contributed by atoms with van der Waals surface area (Å²) in [6.07, 6.45) is -2.61. The fourth-order valence-electron chi connectivity index (χ4n) is 1.16. The molecule has 7 heteroatoms. The van der Waals surface area contributed by atoms with Gasteiger partial charge in [-0.05, 0) is 12.8 Å². The number of alkyl halides is 3. The highest BCUT2D eigenvalue weighted by molar-refractivity contribution is 7.89. The van der Waals surface area contributed by atoms with E-state index in [1.807, 2.05) is 0 Å².